The highest BCUT2D eigenvalue weighted by Crippen LogP contribution is 2.50. The smallest absolute Gasteiger partial charge is 0.324 e. The molecule has 1 saturated carbocycles. The lowest BCUT2D eigenvalue weighted by Gasteiger charge is -2.41. The number of ketones is 1. The fraction of sp³-hybridized carbons (Fsp3) is 0.310. The van der Waals surface area contributed by atoms with E-state index in [-0.39, 0.29) is 18.3 Å². The number of Topliss-reactive ketones (excluding diaryl/α,β-unsaturated/α-hetero) is 1. The van der Waals surface area contributed by atoms with Crippen molar-refractivity contribution in [2.45, 2.75) is 50.7 Å². The van der Waals surface area contributed by atoms with Crippen LogP contribution in [-0.4, -0.2) is 17.9 Å². The van der Waals surface area contributed by atoms with Crippen molar-refractivity contribution in [3.8, 4) is 5.75 Å². The first-order valence-corrected chi connectivity index (χ1v) is 11.7. The Hall–Kier alpha value is -3.40. The fourth-order valence-corrected chi connectivity index (χ4v) is 5.22. The van der Waals surface area contributed by atoms with Gasteiger partial charge in [0.15, 0.2) is 11.2 Å². The Kier molecular flexibility index (Phi) is 5.76. The van der Waals surface area contributed by atoms with Crippen molar-refractivity contribution in [1.82, 2.24) is 0 Å². The predicted molar refractivity (Wildman–Crippen MR) is 128 cm³/mol. The summed E-state index contributed by atoms with van der Waals surface area (Å²) in [7, 11) is 0. The summed E-state index contributed by atoms with van der Waals surface area (Å²) in [5.74, 6) is -0.277. The maximum absolute atomic E-state index is 14.0. The van der Waals surface area contributed by atoms with Crippen LogP contribution in [0.25, 0.3) is 10.8 Å². The molecule has 0 aromatic heterocycles. The Labute approximate surface area is 194 Å². The van der Waals surface area contributed by atoms with Gasteiger partial charge in [-0.15, -0.1) is 6.58 Å². The van der Waals surface area contributed by atoms with Gasteiger partial charge in [0.05, 0.1) is 5.56 Å². The van der Waals surface area contributed by atoms with E-state index in [4.69, 9.17) is 9.47 Å². The molecule has 1 aliphatic heterocycles. The molecule has 2 atom stereocenters. The number of ether oxygens (including phenoxy) is 2. The minimum absolute atomic E-state index is 0.142. The zero-order chi connectivity index (χ0) is 22.8. The van der Waals surface area contributed by atoms with E-state index < -0.39 is 17.5 Å². The van der Waals surface area contributed by atoms with Gasteiger partial charge in [-0.1, -0.05) is 61.0 Å². The molecule has 4 nitrogen and oxygen atoms in total. The van der Waals surface area contributed by atoms with Gasteiger partial charge >= 0.3 is 5.97 Å². The summed E-state index contributed by atoms with van der Waals surface area (Å²) in [4.78, 5) is 27.9. The first-order chi connectivity index (χ1) is 16.1. The summed E-state index contributed by atoms with van der Waals surface area (Å²) in [5.41, 5.74) is -0.327. The Morgan fingerprint density at radius 2 is 1.73 bits per heavy atom. The monoisotopic (exact) mass is 440 g/mol. The average molecular weight is 441 g/mol. The van der Waals surface area contributed by atoms with Crippen LogP contribution in [0.2, 0.25) is 0 Å². The molecule has 1 heterocycles. The molecule has 0 spiro atoms. The molecule has 4 heteroatoms. The van der Waals surface area contributed by atoms with Gasteiger partial charge < -0.3 is 9.47 Å². The van der Waals surface area contributed by atoms with Crippen molar-refractivity contribution in [3.63, 3.8) is 0 Å². The Morgan fingerprint density at radius 1 is 1.00 bits per heavy atom. The number of hydrogen-bond acceptors (Lipinski definition) is 4. The number of carbonyl (C=O) groups is 2. The van der Waals surface area contributed by atoms with Gasteiger partial charge in [0, 0.05) is 0 Å². The summed E-state index contributed by atoms with van der Waals surface area (Å²) in [6.45, 7) is 3.88. The largest absolute Gasteiger partial charge is 0.483 e. The van der Waals surface area contributed by atoms with Gasteiger partial charge in [-0.2, -0.15) is 0 Å². The van der Waals surface area contributed by atoms with Crippen molar-refractivity contribution in [3.05, 3.63) is 90.5 Å². The molecule has 168 valence electrons. The fourth-order valence-electron chi connectivity index (χ4n) is 5.22. The predicted octanol–water partition coefficient (Wildman–Crippen LogP) is 6.59. The highest BCUT2D eigenvalue weighted by molar-refractivity contribution is 6.15. The number of hydrogen-bond donors (Lipinski definition) is 0. The molecule has 1 aliphatic carbocycles. The van der Waals surface area contributed by atoms with Crippen molar-refractivity contribution in [2.75, 3.05) is 0 Å². The first kappa shape index (κ1) is 21.4. The highest BCUT2D eigenvalue weighted by Gasteiger charge is 2.58. The van der Waals surface area contributed by atoms with E-state index in [0.717, 1.165) is 48.4 Å². The Morgan fingerprint density at radius 3 is 2.52 bits per heavy atom. The topological polar surface area (TPSA) is 52.6 Å². The van der Waals surface area contributed by atoms with Gasteiger partial charge in [0.2, 0.25) is 0 Å². The molecule has 33 heavy (non-hydrogen) atoms. The maximum Gasteiger partial charge on any atom is 0.324 e. The number of rotatable bonds is 5. The van der Waals surface area contributed by atoms with Crippen molar-refractivity contribution < 1.29 is 19.1 Å². The Balaban J connectivity index is 1.64. The molecule has 1 fully saturated rings. The lowest BCUT2D eigenvalue weighted by Crippen LogP contribution is -2.51. The SMILES string of the molecule is C=CC[C@@]1(C(=O)OC2CCCCC2)C(=O)c2ccccc2O[C@@H]1c1ccc2ccccc2c1. The van der Waals surface area contributed by atoms with Gasteiger partial charge in [0.1, 0.15) is 18.0 Å². The van der Waals surface area contributed by atoms with E-state index in [0.29, 0.717) is 11.3 Å². The van der Waals surface area contributed by atoms with Crippen LogP contribution < -0.4 is 4.74 Å². The van der Waals surface area contributed by atoms with Gasteiger partial charge in [-0.25, -0.2) is 0 Å². The summed E-state index contributed by atoms with van der Waals surface area (Å²) in [5, 5.41) is 2.11. The van der Waals surface area contributed by atoms with E-state index in [1.54, 1.807) is 24.3 Å². The minimum atomic E-state index is -1.52. The first-order valence-electron chi connectivity index (χ1n) is 11.7. The van der Waals surface area contributed by atoms with Crippen LogP contribution in [0.15, 0.2) is 79.4 Å². The van der Waals surface area contributed by atoms with E-state index in [1.807, 2.05) is 48.5 Å². The standard InChI is InChI=1S/C29H28O4/c1-2-18-29(28(31)32-23-12-4-3-5-13-23)26(30)24-14-8-9-15-25(24)33-27(29)22-17-16-20-10-6-7-11-21(20)19-22/h2,6-11,14-17,19,23,27H,1,3-5,12-13,18H2/t27-,29-/m1/s1. The molecule has 3 aromatic rings. The second-order valence-electron chi connectivity index (χ2n) is 9.06. The average Bonchev–Trinajstić information content (AvgIpc) is 2.86. The molecule has 2 aliphatic rings. The van der Waals surface area contributed by atoms with E-state index in [1.165, 1.54) is 0 Å². The minimum Gasteiger partial charge on any atom is -0.483 e. The molecule has 3 aromatic carbocycles. The van der Waals surface area contributed by atoms with Gasteiger partial charge in [-0.05, 0) is 66.6 Å². The molecular formula is C29H28O4. The van der Waals surface area contributed by atoms with E-state index >= 15 is 0 Å². The number of carbonyl (C=O) groups excluding carboxylic acids is 2. The lowest BCUT2D eigenvalue weighted by atomic mass is 9.69. The molecular weight excluding hydrogens is 412 g/mol. The maximum atomic E-state index is 14.0. The number of para-hydroxylation sites is 1. The number of esters is 1. The highest BCUT2D eigenvalue weighted by atomic mass is 16.6. The van der Waals surface area contributed by atoms with Gasteiger partial charge in [-0.3, -0.25) is 9.59 Å². The van der Waals surface area contributed by atoms with Crippen LogP contribution in [0.4, 0.5) is 0 Å². The van der Waals surface area contributed by atoms with Crippen molar-refractivity contribution in [2.24, 2.45) is 5.41 Å². The van der Waals surface area contributed by atoms with E-state index in [9.17, 15) is 9.59 Å². The van der Waals surface area contributed by atoms with Crippen LogP contribution in [0, 0.1) is 5.41 Å². The van der Waals surface area contributed by atoms with Crippen LogP contribution >= 0.6 is 0 Å². The molecule has 0 amide bonds. The summed E-state index contributed by atoms with van der Waals surface area (Å²) < 4.78 is 12.5. The van der Waals surface area contributed by atoms with Crippen molar-refractivity contribution in [1.29, 1.82) is 0 Å². The molecule has 0 unspecified atom stereocenters. The van der Waals surface area contributed by atoms with E-state index in [2.05, 4.69) is 6.58 Å². The van der Waals surface area contributed by atoms with Crippen LogP contribution in [0.5, 0.6) is 5.75 Å². The summed E-state index contributed by atoms with van der Waals surface area (Å²) >= 11 is 0. The van der Waals surface area contributed by atoms with Gasteiger partial charge in [0.25, 0.3) is 0 Å². The number of allylic oxidation sites excluding steroid dienone is 1. The van der Waals surface area contributed by atoms with Crippen LogP contribution in [-0.2, 0) is 9.53 Å². The van der Waals surface area contributed by atoms with Crippen LogP contribution in [0.3, 0.4) is 0 Å². The summed E-state index contributed by atoms with van der Waals surface area (Å²) in [6, 6.07) is 21.1. The third-order valence-corrected chi connectivity index (χ3v) is 6.96. The quantitative estimate of drug-likeness (QED) is 0.255. The molecule has 0 radical (unpaired) electrons. The molecule has 0 bridgehead atoms. The Bertz CT molecular complexity index is 1210. The summed E-state index contributed by atoms with van der Waals surface area (Å²) in [6.07, 6.45) is 5.70. The molecule has 0 N–H and O–H groups in total. The lowest BCUT2D eigenvalue weighted by molar-refractivity contribution is -0.165. The zero-order valence-electron chi connectivity index (χ0n) is 18.7. The second kappa shape index (κ2) is 8.86. The molecule has 5 rings (SSSR count). The van der Waals surface area contributed by atoms with Crippen LogP contribution in [0.1, 0.15) is 60.6 Å². The normalized spacial score (nSPS) is 22.9. The molecule has 0 saturated heterocycles. The number of fused-ring (bicyclic) bond motifs is 2. The second-order valence-corrected chi connectivity index (χ2v) is 9.06. The van der Waals surface area contributed by atoms with Crippen molar-refractivity contribution >= 4 is 22.5 Å². The number of benzene rings is 3. The third kappa shape index (κ3) is 3.74. The zero-order valence-corrected chi connectivity index (χ0v) is 18.7. The third-order valence-electron chi connectivity index (χ3n) is 6.96.